The zero-order chi connectivity index (χ0) is 11.6. The lowest BCUT2D eigenvalue weighted by Gasteiger charge is -2.17. The van der Waals surface area contributed by atoms with Crippen molar-refractivity contribution in [3.05, 3.63) is 60.2 Å². The van der Waals surface area contributed by atoms with Crippen molar-refractivity contribution in [2.24, 2.45) is 0 Å². The Hall–Kier alpha value is -1.08. The van der Waals surface area contributed by atoms with E-state index in [1.807, 2.05) is 6.07 Å². The zero-order valence-corrected chi connectivity index (χ0v) is 11.2. The van der Waals surface area contributed by atoms with Crippen molar-refractivity contribution >= 4 is 15.9 Å². The van der Waals surface area contributed by atoms with Crippen LogP contribution in [0.1, 0.15) is 19.4 Å². The predicted molar refractivity (Wildman–Crippen MR) is 73.8 cm³/mol. The summed E-state index contributed by atoms with van der Waals surface area (Å²) in [5, 5.41) is 0. The SMILES string of the molecule is CC(C)(Br)c1ccc(-c2ccccc2)cc1. The summed E-state index contributed by atoms with van der Waals surface area (Å²) in [7, 11) is 0. The summed E-state index contributed by atoms with van der Waals surface area (Å²) in [6.07, 6.45) is 0. The van der Waals surface area contributed by atoms with Crippen LogP contribution in [0.2, 0.25) is 0 Å². The Morgan fingerprint density at radius 2 is 1.25 bits per heavy atom. The second kappa shape index (κ2) is 4.42. The lowest BCUT2D eigenvalue weighted by atomic mass is 9.99. The summed E-state index contributed by atoms with van der Waals surface area (Å²) in [6, 6.07) is 19.1. The third-order valence-corrected chi connectivity index (χ3v) is 3.14. The Bertz CT molecular complexity index is 449. The number of halogens is 1. The van der Waals surface area contributed by atoms with Crippen LogP contribution >= 0.6 is 15.9 Å². The molecular weight excluding hydrogens is 260 g/mol. The topological polar surface area (TPSA) is 0 Å². The van der Waals surface area contributed by atoms with Gasteiger partial charge in [-0.1, -0.05) is 70.5 Å². The van der Waals surface area contributed by atoms with E-state index >= 15 is 0 Å². The molecule has 0 aliphatic rings. The number of alkyl halides is 1. The van der Waals surface area contributed by atoms with Gasteiger partial charge in [0, 0.05) is 4.32 Å². The lowest BCUT2D eigenvalue weighted by Crippen LogP contribution is -2.05. The maximum atomic E-state index is 3.67. The van der Waals surface area contributed by atoms with E-state index in [0.717, 1.165) is 0 Å². The second-order valence-corrected chi connectivity index (χ2v) is 6.40. The molecular formula is C15H15Br. The maximum Gasteiger partial charge on any atom is 0.0449 e. The van der Waals surface area contributed by atoms with Gasteiger partial charge in [0.2, 0.25) is 0 Å². The molecule has 0 bridgehead atoms. The van der Waals surface area contributed by atoms with Gasteiger partial charge in [-0.25, -0.2) is 0 Å². The fourth-order valence-corrected chi connectivity index (χ4v) is 1.95. The van der Waals surface area contributed by atoms with E-state index in [2.05, 4.69) is 78.3 Å². The smallest absolute Gasteiger partial charge is 0.0449 e. The summed E-state index contributed by atoms with van der Waals surface area (Å²) in [4.78, 5) is 0. The van der Waals surface area contributed by atoms with Crippen LogP contribution < -0.4 is 0 Å². The first-order chi connectivity index (χ1) is 7.57. The zero-order valence-electron chi connectivity index (χ0n) is 9.57. The Kier molecular flexibility index (Phi) is 3.15. The molecule has 2 aromatic rings. The third-order valence-electron chi connectivity index (χ3n) is 2.68. The monoisotopic (exact) mass is 274 g/mol. The highest BCUT2D eigenvalue weighted by Gasteiger charge is 2.15. The lowest BCUT2D eigenvalue weighted by molar-refractivity contribution is 0.803. The molecule has 0 saturated heterocycles. The van der Waals surface area contributed by atoms with Crippen LogP contribution in [0.5, 0.6) is 0 Å². The van der Waals surface area contributed by atoms with Gasteiger partial charge in [0.1, 0.15) is 0 Å². The van der Waals surface area contributed by atoms with Crippen LogP contribution in [0, 0.1) is 0 Å². The van der Waals surface area contributed by atoms with Crippen molar-refractivity contribution in [3.8, 4) is 11.1 Å². The average molecular weight is 275 g/mol. The van der Waals surface area contributed by atoms with Crippen molar-refractivity contribution in [1.82, 2.24) is 0 Å². The fraction of sp³-hybridized carbons (Fsp3) is 0.200. The Morgan fingerprint density at radius 1 is 0.750 bits per heavy atom. The largest absolute Gasteiger partial charge is 0.0807 e. The molecule has 2 aromatic carbocycles. The predicted octanol–water partition coefficient (Wildman–Crippen LogP) is 4.98. The molecule has 0 unspecified atom stereocenters. The van der Waals surface area contributed by atoms with Gasteiger partial charge >= 0.3 is 0 Å². The molecule has 16 heavy (non-hydrogen) atoms. The minimum Gasteiger partial charge on any atom is -0.0807 e. The number of hydrogen-bond acceptors (Lipinski definition) is 0. The average Bonchev–Trinajstić information content (AvgIpc) is 2.29. The highest BCUT2D eigenvalue weighted by Crippen LogP contribution is 2.31. The van der Waals surface area contributed by atoms with E-state index in [0.29, 0.717) is 0 Å². The molecule has 0 amide bonds. The molecule has 0 saturated carbocycles. The molecule has 2 rings (SSSR count). The quantitative estimate of drug-likeness (QED) is 0.678. The van der Waals surface area contributed by atoms with Gasteiger partial charge in [0.05, 0.1) is 0 Å². The first-order valence-corrected chi connectivity index (χ1v) is 6.21. The molecule has 0 aliphatic carbocycles. The maximum absolute atomic E-state index is 3.67. The van der Waals surface area contributed by atoms with Crippen molar-refractivity contribution in [2.45, 2.75) is 18.2 Å². The van der Waals surface area contributed by atoms with Crippen molar-refractivity contribution in [1.29, 1.82) is 0 Å². The Morgan fingerprint density at radius 3 is 1.75 bits per heavy atom. The summed E-state index contributed by atoms with van der Waals surface area (Å²) in [6.45, 7) is 4.31. The van der Waals surface area contributed by atoms with Gasteiger partial charge in [-0.2, -0.15) is 0 Å². The number of hydrogen-bond donors (Lipinski definition) is 0. The highest BCUT2D eigenvalue weighted by atomic mass is 79.9. The molecule has 0 radical (unpaired) electrons. The summed E-state index contributed by atoms with van der Waals surface area (Å²) in [5.41, 5.74) is 3.83. The van der Waals surface area contributed by atoms with Crippen LogP contribution in [0.25, 0.3) is 11.1 Å². The highest BCUT2D eigenvalue weighted by molar-refractivity contribution is 9.09. The third kappa shape index (κ3) is 2.53. The molecule has 0 aliphatic heterocycles. The van der Waals surface area contributed by atoms with E-state index in [4.69, 9.17) is 0 Å². The first kappa shape index (κ1) is 11.4. The van der Waals surface area contributed by atoms with Gasteiger partial charge in [-0.3, -0.25) is 0 Å². The van der Waals surface area contributed by atoms with E-state index in [1.54, 1.807) is 0 Å². The van der Waals surface area contributed by atoms with E-state index in [9.17, 15) is 0 Å². The Labute approximate surface area is 105 Å². The second-order valence-electron chi connectivity index (χ2n) is 4.42. The molecule has 1 heteroatoms. The van der Waals surface area contributed by atoms with Gasteiger partial charge in [-0.05, 0) is 30.5 Å². The summed E-state index contributed by atoms with van der Waals surface area (Å²) in [5.74, 6) is 0. The normalized spacial score (nSPS) is 11.4. The molecule has 0 nitrogen and oxygen atoms in total. The van der Waals surface area contributed by atoms with E-state index in [1.165, 1.54) is 16.7 Å². The van der Waals surface area contributed by atoms with Crippen molar-refractivity contribution in [2.75, 3.05) is 0 Å². The fourth-order valence-electron chi connectivity index (χ4n) is 1.69. The van der Waals surface area contributed by atoms with Gasteiger partial charge < -0.3 is 0 Å². The van der Waals surface area contributed by atoms with Crippen LogP contribution in [-0.2, 0) is 4.32 Å². The van der Waals surface area contributed by atoms with Gasteiger partial charge in [0.15, 0.2) is 0 Å². The number of rotatable bonds is 2. The molecule has 0 fully saturated rings. The summed E-state index contributed by atoms with van der Waals surface area (Å²) >= 11 is 3.67. The van der Waals surface area contributed by atoms with Crippen LogP contribution in [-0.4, -0.2) is 0 Å². The first-order valence-electron chi connectivity index (χ1n) is 5.42. The van der Waals surface area contributed by atoms with E-state index < -0.39 is 0 Å². The number of benzene rings is 2. The molecule has 0 heterocycles. The minimum absolute atomic E-state index is 0.0439. The Balaban J connectivity index is 2.34. The summed E-state index contributed by atoms with van der Waals surface area (Å²) < 4.78 is 0.0439. The van der Waals surface area contributed by atoms with Crippen LogP contribution in [0.15, 0.2) is 54.6 Å². The molecule has 82 valence electrons. The molecule has 0 atom stereocenters. The van der Waals surface area contributed by atoms with Crippen LogP contribution in [0.3, 0.4) is 0 Å². The van der Waals surface area contributed by atoms with Crippen molar-refractivity contribution < 1.29 is 0 Å². The molecule has 0 aromatic heterocycles. The molecule has 0 spiro atoms. The van der Waals surface area contributed by atoms with Crippen molar-refractivity contribution in [3.63, 3.8) is 0 Å². The van der Waals surface area contributed by atoms with Gasteiger partial charge in [0.25, 0.3) is 0 Å². The molecule has 0 N–H and O–H groups in total. The minimum atomic E-state index is 0.0439. The standard InChI is InChI=1S/C15H15Br/c1-15(2,16)14-10-8-13(9-11-14)12-6-4-3-5-7-12/h3-11H,1-2H3. The van der Waals surface area contributed by atoms with Gasteiger partial charge in [-0.15, -0.1) is 0 Å². The van der Waals surface area contributed by atoms with Crippen LogP contribution in [0.4, 0.5) is 0 Å². The van der Waals surface area contributed by atoms with E-state index in [-0.39, 0.29) is 4.32 Å².